The van der Waals surface area contributed by atoms with Crippen LogP contribution in [0.3, 0.4) is 0 Å². The molecule has 2 saturated heterocycles. The lowest BCUT2D eigenvalue weighted by Gasteiger charge is -2.34. The van der Waals surface area contributed by atoms with E-state index in [0.717, 1.165) is 16.0 Å². The molecule has 2 aliphatic heterocycles. The van der Waals surface area contributed by atoms with Gasteiger partial charge in [0.25, 0.3) is 5.91 Å². The molecule has 4 amide bonds. The SMILES string of the molecule is Cc1ccc(S(=O)(=O)N2CCN(C(=O)CN3C(=O)NC(C)(CCc4ccccc4)C3=O)CC2)cc1. The smallest absolute Gasteiger partial charge is 0.325 e. The number of sulfonamides is 1. The zero-order valence-corrected chi connectivity index (χ0v) is 20.8. The third-order valence-corrected chi connectivity index (χ3v) is 8.56. The number of imide groups is 1. The Hall–Kier alpha value is -3.24. The van der Waals surface area contributed by atoms with Gasteiger partial charge in [0.15, 0.2) is 0 Å². The van der Waals surface area contributed by atoms with Gasteiger partial charge < -0.3 is 10.2 Å². The lowest BCUT2D eigenvalue weighted by molar-refractivity contribution is -0.139. The Morgan fingerprint density at radius 2 is 1.60 bits per heavy atom. The van der Waals surface area contributed by atoms with Crippen molar-refractivity contribution in [1.82, 2.24) is 19.4 Å². The van der Waals surface area contributed by atoms with Crippen LogP contribution in [0.25, 0.3) is 0 Å². The molecule has 35 heavy (non-hydrogen) atoms. The largest absolute Gasteiger partial charge is 0.338 e. The van der Waals surface area contributed by atoms with E-state index in [9.17, 15) is 22.8 Å². The number of hydrogen-bond acceptors (Lipinski definition) is 5. The summed E-state index contributed by atoms with van der Waals surface area (Å²) in [6.07, 6.45) is 1.03. The predicted molar refractivity (Wildman–Crippen MR) is 130 cm³/mol. The summed E-state index contributed by atoms with van der Waals surface area (Å²) in [5.74, 6) is -0.805. The fraction of sp³-hybridized carbons (Fsp3) is 0.400. The monoisotopic (exact) mass is 498 g/mol. The van der Waals surface area contributed by atoms with Crippen molar-refractivity contribution in [3.8, 4) is 0 Å². The maximum Gasteiger partial charge on any atom is 0.325 e. The van der Waals surface area contributed by atoms with Gasteiger partial charge in [0.2, 0.25) is 15.9 Å². The topological polar surface area (TPSA) is 107 Å². The molecule has 10 heteroatoms. The van der Waals surface area contributed by atoms with Gasteiger partial charge in [-0.25, -0.2) is 13.2 Å². The van der Waals surface area contributed by atoms with Crippen molar-refractivity contribution in [3.63, 3.8) is 0 Å². The van der Waals surface area contributed by atoms with Crippen LogP contribution >= 0.6 is 0 Å². The summed E-state index contributed by atoms with van der Waals surface area (Å²) in [4.78, 5) is 41.1. The minimum absolute atomic E-state index is 0.150. The van der Waals surface area contributed by atoms with Crippen molar-refractivity contribution >= 4 is 27.9 Å². The molecule has 0 bridgehead atoms. The third-order valence-electron chi connectivity index (χ3n) is 6.65. The molecule has 2 heterocycles. The van der Waals surface area contributed by atoms with Crippen molar-refractivity contribution in [3.05, 3.63) is 65.7 Å². The van der Waals surface area contributed by atoms with E-state index in [2.05, 4.69) is 5.32 Å². The number of nitrogens with one attached hydrogen (secondary N) is 1. The van der Waals surface area contributed by atoms with E-state index in [4.69, 9.17) is 0 Å². The second-order valence-corrected chi connectivity index (χ2v) is 11.2. The average Bonchev–Trinajstić information content (AvgIpc) is 3.07. The molecule has 0 saturated carbocycles. The van der Waals surface area contributed by atoms with Crippen molar-refractivity contribution < 1.29 is 22.8 Å². The lowest BCUT2D eigenvalue weighted by atomic mass is 9.93. The molecule has 0 radical (unpaired) electrons. The predicted octanol–water partition coefficient (Wildman–Crippen LogP) is 1.77. The van der Waals surface area contributed by atoms with E-state index < -0.39 is 27.5 Å². The Balaban J connectivity index is 1.33. The number of nitrogens with zero attached hydrogens (tertiary/aromatic N) is 3. The number of piperazine rings is 1. The quantitative estimate of drug-likeness (QED) is 0.586. The van der Waals surface area contributed by atoms with Crippen molar-refractivity contribution in [1.29, 1.82) is 0 Å². The van der Waals surface area contributed by atoms with E-state index in [1.165, 1.54) is 9.21 Å². The number of aryl methyl sites for hydroxylation is 2. The van der Waals surface area contributed by atoms with Crippen LogP contribution in [-0.2, 0) is 26.0 Å². The standard InChI is InChI=1S/C25H30N4O5S/c1-19-8-10-21(11-9-19)35(33,34)28-16-14-27(15-17-28)22(30)18-29-23(31)25(2,26-24(29)32)13-12-20-6-4-3-5-7-20/h3-11H,12-18H2,1-2H3,(H,26,32). The van der Waals surface area contributed by atoms with Crippen LogP contribution in [0.15, 0.2) is 59.5 Å². The summed E-state index contributed by atoms with van der Waals surface area (Å²) >= 11 is 0. The molecule has 0 aliphatic carbocycles. The van der Waals surface area contributed by atoms with Gasteiger partial charge in [-0.2, -0.15) is 4.31 Å². The Morgan fingerprint density at radius 1 is 0.971 bits per heavy atom. The second-order valence-electron chi connectivity index (χ2n) is 9.24. The lowest BCUT2D eigenvalue weighted by Crippen LogP contribution is -2.53. The highest BCUT2D eigenvalue weighted by atomic mass is 32.2. The summed E-state index contributed by atoms with van der Waals surface area (Å²) in [5, 5.41) is 2.74. The summed E-state index contributed by atoms with van der Waals surface area (Å²) < 4.78 is 27.1. The highest BCUT2D eigenvalue weighted by molar-refractivity contribution is 7.89. The molecule has 1 unspecified atom stereocenters. The molecular formula is C25H30N4O5S. The molecule has 2 aromatic carbocycles. The fourth-order valence-corrected chi connectivity index (χ4v) is 5.79. The van der Waals surface area contributed by atoms with Crippen molar-refractivity contribution in [2.24, 2.45) is 0 Å². The molecular weight excluding hydrogens is 468 g/mol. The number of carbonyl (C=O) groups excluding carboxylic acids is 3. The van der Waals surface area contributed by atoms with Gasteiger partial charge in [0, 0.05) is 26.2 Å². The molecule has 186 valence electrons. The molecule has 2 fully saturated rings. The summed E-state index contributed by atoms with van der Waals surface area (Å²) in [6.45, 7) is 3.88. The van der Waals surface area contributed by atoms with Crippen LogP contribution in [0.5, 0.6) is 0 Å². The third kappa shape index (κ3) is 5.23. The van der Waals surface area contributed by atoms with E-state index >= 15 is 0 Å². The van der Waals surface area contributed by atoms with Gasteiger partial charge >= 0.3 is 6.03 Å². The molecule has 2 aliphatic rings. The van der Waals surface area contributed by atoms with Crippen LogP contribution in [0.2, 0.25) is 0 Å². The maximum atomic E-state index is 13.0. The van der Waals surface area contributed by atoms with Gasteiger partial charge in [0.1, 0.15) is 12.1 Å². The Kier molecular flexibility index (Phi) is 6.95. The van der Waals surface area contributed by atoms with Crippen LogP contribution in [0.1, 0.15) is 24.5 Å². The zero-order valence-electron chi connectivity index (χ0n) is 19.9. The molecule has 4 rings (SSSR count). The minimum Gasteiger partial charge on any atom is -0.338 e. The molecule has 2 aromatic rings. The number of rotatable bonds is 7. The highest BCUT2D eigenvalue weighted by Crippen LogP contribution is 2.24. The Bertz CT molecular complexity index is 1210. The molecule has 1 N–H and O–H groups in total. The maximum absolute atomic E-state index is 13.0. The summed E-state index contributed by atoms with van der Waals surface area (Å²) in [6, 6.07) is 15.8. The second kappa shape index (κ2) is 9.79. The first-order chi connectivity index (χ1) is 16.6. The van der Waals surface area contributed by atoms with Crippen LogP contribution in [-0.4, -0.2) is 78.6 Å². The first kappa shape index (κ1) is 24.9. The summed E-state index contributed by atoms with van der Waals surface area (Å²) in [7, 11) is -3.65. The molecule has 0 aromatic heterocycles. The summed E-state index contributed by atoms with van der Waals surface area (Å²) in [5.41, 5.74) is 0.952. The van der Waals surface area contributed by atoms with Crippen LogP contribution in [0.4, 0.5) is 4.79 Å². The molecule has 0 spiro atoms. The van der Waals surface area contributed by atoms with Gasteiger partial charge in [-0.15, -0.1) is 0 Å². The number of urea groups is 1. The van der Waals surface area contributed by atoms with Gasteiger partial charge in [-0.1, -0.05) is 48.0 Å². The normalized spacial score (nSPS) is 21.3. The van der Waals surface area contributed by atoms with Gasteiger partial charge in [-0.05, 0) is 44.4 Å². The molecule has 1 atom stereocenters. The van der Waals surface area contributed by atoms with Crippen LogP contribution < -0.4 is 5.32 Å². The number of carbonyl (C=O) groups is 3. The van der Waals surface area contributed by atoms with E-state index in [1.54, 1.807) is 31.2 Å². The van der Waals surface area contributed by atoms with E-state index in [0.29, 0.717) is 12.8 Å². The minimum atomic E-state index is -3.65. The Morgan fingerprint density at radius 3 is 2.23 bits per heavy atom. The first-order valence-corrected chi connectivity index (χ1v) is 13.1. The Labute approximate surface area is 205 Å². The fourth-order valence-electron chi connectivity index (χ4n) is 4.37. The van der Waals surface area contributed by atoms with Gasteiger partial charge in [0.05, 0.1) is 4.90 Å². The van der Waals surface area contributed by atoms with Crippen molar-refractivity contribution in [2.45, 2.75) is 37.1 Å². The highest BCUT2D eigenvalue weighted by Gasteiger charge is 2.48. The number of hydrogen-bond donors (Lipinski definition) is 1. The zero-order chi connectivity index (χ0) is 25.2. The number of amides is 4. The van der Waals surface area contributed by atoms with Gasteiger partial charge in [-0.3, -0.25) is 14.5 Å². The average molecular weight is 499 g/mol. The van der Waals surface area contributed by atoms with Crippen molar-refractivity contribution in [2.75, 3.05) is 32.7 Å². The van der Waals surface area contributed by atoms with Crippen LogP contribution in [0, 0.1) is 6.92 Å². The molecule has 9 nitrogen and oxygen atoms in total. The van der Waals surface area contributed by atoms with E-state index in [-0.39, 0.29) is 43.5 Å². The first-order valence-electron chi connectivity index (χ1n) is 11.6. The number of benzene rings is 2. The van der Waals surface area contributed by atoms with E-state index in [1.807, 2.05) is 37.3 Å².